The highest BCUT2D eigenvalue weighted by Gasteiger charge is 2.23. The van der Waals surface area contributed by atoms with Crippen LogP contribution in [0, 0.1) is 0 Å². The van der Waals surface area contributed by atoms with Gasteiger partial charge in [0, 0.05) is 13.1 Å². The Balaban J connectivity index is 1.91. The molecule has 1 aromatic heterocycles. The molecule has 1 amide bonds. The molecular formula is C11H14BrN3O. The molecule has 0 aliphatic heterocycles. The van der Waals surface area contributed by atoms with E-state index in [-0.39, 0.29) is 5.91 Å². The lowest BCUT2D eigenvalue weighted by molar-refractivity contribution is -0.119. The molecule has 4 nitrogen and oxygen atoms in total. The van der Waals surface area contributed by atoms with Crippen LogP contribution in [0.3, 0.4) is 0 Å². The Morgan fingerprint density at radius 1 is 1.62 bits per heavy atom. The molecule has 1 aliphatic rings. The average Bonchev–Trinajstić information content (AvgIpc) is 3.01. The number of nitrogens with zero attached hydrogens (tertiary/aromatic N) is 2. The van der Waals surface area contributed by atoms with Gasteiger partial charge < -0.3 is 10.2 Å². The molecule has 1 aliphatic carbocycles. The molecule has 0 saturated heterocycles. The van der Waals surface area contributed by atoms with Crippen LogP contribution in [0.1, 0.15) is 12.8 Å². The second-order valence-electron chi connectivity index (χ2n) is 4.02. The number of nitrogens with one attached hydrogen (secondary N) is 1. The van der Waals surface area contributed by atoms with Crippen molar-refractivity contribution in [1.82, 2.24) is 10.3 Å². The minimum Gasteiger partial charge on any atom is -0.352 e. The topological polar surface area (TPSA) is 45.2 Å². The summed E-state index contributed by atoms with van der Waals surface area (Å²) in [5, 5.41) is 2.95. The highest BCUT2D eigenvalue weighted by atomic mass is 79.9. The molecule has 2 rings (SSSR count). The van der Waals surface area contributed by atoms with Crippen molar-refractivity contribution in [2.45, 2.75) is 18.9 Å². The van der Waals surface area contributed by atoms with Gasteiger partial charge in [0.25, 0.3) is 0 Å². The van der Waals surface area contributed by atoms with Gasteiger partial charge in [-0.15, -0.1) is 0 Å². The lowest BCUT2D eigenvalue weighted by atomic mass is 10.4. The summed E-state index contributed by atoms with van der Waals surface area (Å²) in [5.74, 6) is 0.854. The summed E-state index contributed by atoms with van der Waals surface area (Å²) in [6, 6.07) is 6.06. The molecule has 0 aromatic carbocycles. The van der Waals surface area contributed by atoms with Gasteiger partial charge in [-0.3, -0.25) is 4.79 Å². The second-order valence-corrected chi connectivity index (χ2v) is 4.83. The third-order valence-corrected chi connectivity index (χ3v) is 2.86. The maximum Gasteiger partial charge on any atom is 0.239 e. The summed E-state index contributed by atoms with van der Waals surface area (Å²) in [4.78, 5) is 17.7. The normalized spacial score (nSPS) is 14.6. The summed E-state index contributed by atoms with van der Waals surface area (Å²) in [6.07, 6.45) is 2.23. The Kier molecular flexibility index (Phi) is 3.43. The van der Waals surface area contributed by atoms with Gasteiger partial charge in [-0.1, -0.05) is 6.07 Å². The molecule has 0 radical (unpaired) electrons. The summed E-state index contributed by atoms with van der Waals surface area (Å²) in [6.45, 7) is 0.347. The third kappa shape index (κ3) is 3.20. The fraction of sp³-hybridized carbons (Fsp3) is 0.455. The highest BCUT2D eigenvalue weighted by molar-refractivity contribution is 9.10. The van der Waals surface area contributed by atoms with Gasteiger partial charge in [0.15, 0.2) is 0 Å². The molecule has 0 unspecified atom stereocenters. The van der Waals surface area contributed by atoms with E-state index in [4.69, 9.17) is 0 Å². The molecule has 1 aromatic rings. The number of aromatic nitrogens is 1. The predicted molar refractivity (Wildman–Crippen MR) is 66.4 cm³/mol. The van der Waals surface area contributed by atoms with Crippen molar-refractivity contribution in [2.24, 2.45) is 0 Å². The fourth-order valence-corrected chi connectivity index (χ4v) is 1.74. The van der Waals surface area contributed by atoms with E-state index in [2.05, 4.69) is 26.2 Å². The molecule has 0 atom stereocenters. The van der Waals surface area contributed by atoms with E-state index >= 15 is 0 Å². The van der Waals surface area contributed by atoms with Crippen molar-refractivity contribution in [1.29, 1.82) is 0 Å². The smallest absolute Gasteiger partial charge is 0.239 e. The molecule has 1 N–H and O–H groups in total. The fourth-order valence-electron chi connectivity index (χ4n) is 1.41. The van der Waals surface area contributed by atoms with E-state index in [9.17, 15) is 4.79 Å². The van der Waals surface area contributed by atoms with Crippen LogP contribution in [-0.4, -0.2) is 30.5 Å². The molecular weight excluding hydrogens is 270 g/mol. The first kappa shape index (κ1) is 11.4. The van der Waals surface area contributed by atoms with Crippen LogP contribution in [0.4, 0.5) is 5.82 Å². The van der Waals surface area contributed by atoms with E-state index in [0.717, 1.165) is 23.3 Å². The van der Waals surface area contributed by atoms with Gasteiger partial charge in [0.1, 0.15) is 10.4 Å². The zero-order chi connectivity index (χ0) is 11.5. The van der Waals surface area contributed by atoms with E-state index in [1.54, 1.807) is 0 Å². The van der Waals surface area contributed by atoms with Crippen LogP contribution >= 0.6 is 15.9 Å². The zero-order valence-corrected chi connectivity index (χ0v) is 10.7. The average molecular weight is 284 g/mol. The Morgan fingerprint density at radius 2 is 2.38 bits per heavy atom. The van der Waals surface area contributed by atoms with Crippen LogP contribution in [0.25, 0.3) is 0 Å². The van der Waals surface area contributed by atoms with E-state index in [0.29, 0.717) is 12.6 Å². The van der Waals surface area contributed by atoms with Crippen molar-refractivity contribution in [2.75, 3.05) is 18.5 Å². The first-order valence-corrected chi connectivity index (χ1v) is 6.07. The first-order chi connectivity index (χ1) is 7.65. The number of halogens is 1. The molecule has 16 heavy (non-hydrogen) atoms. The van der Waals surface area contributed by atoms with E-state index in [1.165, 1.54) is 0 Å². The minimum atomic E-state index is 0.0618. The predicted octanol–water partition coefficient (Wildman–Crippen LogP) is 1.56. The number of pyridine rings is 1. The SMILES string of the molecule is CN(CC(=O)NC1CC1)c1cccc(Br)n1. The number of hydrogen-bond donors (Lipinski definition) is 1. The number of rotatable bonds is 4. The van der Waals surface area contributed by atoms with Crippen LogP contribution in [0.15, 0.2) is 22.8 Å². The van der Waals surface area contributed by atoms with Gasteiger partial charge in [-0.25, -0.2) is 4.98 Å². The quantitative estimate of drug-likeness (QED) is 0.853. The summed E-state index contributed by atoms with van der Waals surface area (Å²) in [7, 11) is 1.86. The van der Waals surface area contributed by atoms with Crippen LogP contribution in [-0.2, 0) is 4.79 Å². The largest absolute Gasteiger partial charge is 0.352 e. The van der Waals surface area contributed by atoms with Crippen molar-refractivity contribution in [3.05, 3.63) is 22.8 Å². The van der Waals surface area contributed by atoms with Crippen LogP contribution in [0.2, 0.25) is 0 Å². The number of anilines is 1. The Bertz CT molecular complexity index is 393. The molecule has 0 bridgehead atoms. The lowest BCUT2D eigenvalue weighted by Crippen LogP contribution is -2.36. The maximum absolute atomic E-state index is 11.6. The van der Waals surface area contributed by atoms with Gasteiger partial charge in [-0.05, 0) is 40.9 Å². The maximum atomic E-state index is 11.6. The van der Waals surface area contributed by atoms with Gasteiger partial charge >= 0.3 is 0 Å². The minimum absolute atomic E-state index is 0.0618. The monoisotopic (exact) mass is 283 g/mol. The summed E-state index contributed by atoms with van der Waals surface area (Å²) < 4.78 is 0.777. The number of carbonyl (C=O) groups excluding carboxylic acids is 1. The number of likely N-dealkylation sites (N-methyl/N-ethyl adjacent to an activating group) is 1. The zero-order valence-electron chi connectivity index (χ0n) is 9.11. The first-order valence-electron chi connectivity index (χ1n) is 5.28. The standard InChI is InChI=1S/C11H14BrN3O/c1-15(7-11(16)13-8-5-6-8)10-4-2-3-9(12)14-10/h2-4,8H,5-7H2,1H3,(H,13,16). The Labute approximate surface area is 103 Å². The van der Waals surface area contributed by atoms with Crippen LogP contribution in [0.5, 0.6) is 0 Å². The molecule has 1 heterocycles. The van der Waals surface area contributed by atoms with Gasteiger partial charge in [0.05, 0.1) is 6.54 Å². The van der Waals surface area contributed by atoms with Gasteiger partial charge in [0.2, 0.25) is 5.91 Å². The van der Waals surface area contributed by atoms with Crippen LogP contribution < -0.4 is 10.2 Å². The van der Waals surface area contributed by atoms with Gasteiger partial charge in [-0.2, -0.15) is 0 Å². The van der Waals surface area contributed by atoms with Crippen molar-refractivity contribution >= 4 is 27.7 Å². The van der Waals surface area contributed by atoms with Crippen molar-refractivity contribution < 1.29 is 4.79 Å². The number of carbonyl (C=O) groups is 1. The Morgan fingerprint density at radius 3 is 3.00 bits per heavy atom. The molecule has 1 fully saturated rings. The summed E-state index contributed by atoms with van der Waals surface area (Å²) >= 11 is 3.31. The molecule has 0 spiro atoms. The number of hydrogen-bond acceptors (Lipinski definition) is 3. The van der Waals surface area contributed by atoms with E-state index in [1.807, 2.05) is 30.1 Å². The number of amides is 1. The molecule has 1 saturated carbocycles. The lowest BCUT2D eigenvalue weighted by Gasteiger charge is -2.17. The Hall–Kier alpha value is -1.10. The molecule has 5 heteroatoms. The highest BCUT2D eigenvalue weighted by Crippen LogP contribution is 2.18. The second kappa shape index (κ2) is 4.82. The third-order valence-electron chi connectivity index (χ3n) is 2.41. The molecule has 86 valence electrons. The van der Waals surface area contributed by atoms with Crippen molar-refractivity contribution in [3.63, 3.8) is 0 Å². The van der Waals surface area contributed by atoms with Crippen molar-refractivity contribution in [3.8, 4) is 0 Å². The van der Waals surface area contributed by atoms with E-state index < -0.39 is 0 Å². The summed E-state index contributed by atoms with van der Waals surface area (Å²) in [5.41, 5.74) is 0.